The summed E-state index contributed by atoms with van der Waals surface area (Å²) in [4.78, 5) is 23.9. The van der Waals surface area contributed by atoms with E-state index < -0.39 is 12.2 Å². The van der Waals surface area contributed by atoms with Gasteiger partial charge in [-0.15, -0.1) is 0 Å². The fourth-order valence-corrected chi connectivity index (χ4v) is 5.74. The predicted molar refractivity (Wildman–Crippen MR) is 215 cm³/mol. The first-order valence-corrected chi connectivity index (χ1v) is 20.0. The van der Waals surface area contributed by atoms with Gasteiger partial charge < -0.3 is 62.7 Å². The summed E-state index contributed by atoms with van der Waals surface area (Å²) in [6.45, 7) is 9.31. The van der Waals surface area contributed by atoms with E-state index in [1.54, 1.807) is 0 Å². The zero-order valence-electron chi connectivity index (χ0n) is 33.4. The van der Waals surface area contributed by atoms with E-state index in [2.05, 4.69) is 34.9 Å². The quantitative estimate of drug-likeness (QED) is 0.0807. The van der Waals surface area contributed by atoms with E-state index in [1.165, 1.54) is 22.3 Å². The first kappa shape index (κ1) is 46.5. The Hall–Kier alpha value is -4.16. The van der Waals surface area contributed by atoms with Crippen molar-refractivity contribution in [2.24, 2.45) is 0 Å². The number of carbonyl (C=O) groups excluding carboxylic acids is 2. The molecule has 58 heavy (non-hydrogen) atoms. The maximum Gasteiger partial charge on any atom is 0.407 e. The predicted octanol–water partition coefficient (Wildman–Crippen LogP) is 4.60. The second-order valence-electron chi connectivity index (χ2n) is 12.8. The van der Waals surface area contributed by atoms with Crippen LogP contribution >= 0.6 is 0 Å². The molecule has 15 nitrogen and oxygen atoms in total. The minimum Gasteiger partial charge on any atom is -0.449 e. The molecule has 4 rings (SSSR count). The number of alkyl carbamates (subject to hydrolysis) is 2. The lowest BCUT2D eigenvalue weighted by Gasteiger charge is -2.14. The van der Waals surface area contributed by atoms with Crippen LogP contribution in [0.15, 0.2) is 78.9 Å². The van der Waals surface area contributed by atoms with Gasteiger partial charge in [-0.1, -0.05) is 78.9 Å². The molecule has 0 spiro atoms. The van der Waals surface area contributed by atoms with Gasteiger partial charge in [0.05, 0.1) is 119 Å². The molecule has 0 saturated heterocycles. The first-order chi connectivity index (χ1) is 28.7. The minimum atomic E-state index is -0.474. The molecule has 0 bridgehead atoms. The Bertz CT molecular complexity index is 1470. The number of rotatable bonds is 34. The molecule has 2 N–H and O–H groups in total. The van der Waals surface area contributed by atoms with Gasteiger partial charge in [-0.25, -0.2) is 9.59 Å². The Labute approximate surface area is 341 Å². The summed E-state index contributed by atoms with van der Waals surface area (Å²) >= 11 is 0. The number of nitrogens with one attached hydrogen (secondary N) is 2. The number of benzene rings is 3. The molecule has 1 aliphatic rings. The fraction of sp³-hybridized carbons (Fsp3) is 0.535. The molecule has 0 heterocycles. The summed E-state index contributed by atoms with van der Waals surface area (Å²) in [6.07, 6.45) is -0.930. The van der Waals surface area contributed by atoms with Crippen molar-refractivity contribution in [1.29, 1.82) is 0 Å². The average Bonchev–Trinajstić information content (AvgIpc) is 3.57. The molecule has 0 unspecified atom stereocenters. The van der Waals surface area contributed by atoms with Crippen LogP contribution in [0.1, 0.15) is 22.6 Å². The molecule has 2 amide bonds. The second-order valence-corrected chi connectivity index (χ2v) is 12.8. The van der Waals surface area contributed by atoms with Gasteiger partial charge in [0.15, 0.2) is 0 Å². The van der Waals surface area contributed by atoms with Crippen molar-refractivity contribution in [3.63, 3.8) is 0 Å². The van der Waals surface area contributed by atoms with Crippen LogP contribution in [0.25, 0.3) is 11.1 Å². The highest BCUT2D eigenvalue weighted by Gasteiger charge is 2.29. The minimum absolute atomic E-state index is 0.0322. The van der Waals surface area contributed by atoms with E-state index in [4.69, 9.17) is 52.1 Å². The molecule has 15 heteroatoms. The number of ether oxygens (including phenoxy) is 11. The molecular weight excluding hydrogens is 752 g/mol. The van der Waals surface area contributed by atoms with E-state index in [9.17, 15) is 9.59 Å². The molecule has 3 aromatic rings. The third-order valence-corrected chi connectivity index (χ3v) is 8.56. The summed E-state index contributed by atoms with van der Waals surface area (Å²) < 4.78 is 60.1. The Morgan fingerprint density at radius 3 is 1.12 bits per heavy atom. The van der Waals surface area contributed by atoms with E-state index in [0.29, 0.717) is 132 Å². The third kappa shape index (κ3) is 20.0. The number of amides is 2. The van der Waals surface area contributed by atoms with Crippen molar-refractivity contribution in [3.8, 4) is 11.1 Å². The van der Waals surface area contributed by atoms with E-state index >= 15 is 0 Å². The number of fused-ring (bicyclic) bond motifs is 3. The SMILES string of the molecule is O=C(NCCOCCOCCOCCOCCOCCOCCOCCOCCOCCNC(=O)OCC1c2ccccc2-c2ccccc21)OCc1ccccc1. The largest absolute Gasteiger partial charge is 0.449 e. The van der Waals surface area contributed by atoms with Crippen LogP contribution in [-0.2, 0) is 58.7 Å². The lowest BCUT2D eigenvalue weighted by atomic mass is 9.98. The van der Waals surface area contributed by atoms with Crippen LogP contribution < -0.4 is 10.6 Å². The lowest BCUT2D eigenvalue weighted by Crippen LogP contribution is -2.29. The molecule has 0 atom stereocenters. The monoisotopic (exact) mass is 812 g/mol. The maximum atomic E-state index is 12.3. The highest BCUT2D eigenvalue weighted by molar-refractivity contribution is 5.79. The highest BCUT2D eigenvalue weighted by atomic mass is 16.6. The topological polar surface area (TPSA) is 160 Å². The van der Waals surface area contributed by atoms with Crippen molar-refractivity contribution >= 4 is 12.2 Å². The van der Waals surface area contributed by atoms with Crippen LogP contribution in [0.3, 0.4) is 0 Å². The van der Waals surface area contributed by atoms with Gasteiger partial charge in [0.25, 0.3) is 0 Å². The Morgan fingerprint density at radius 1 is 0.397 bits per heavy atom. The van der Waals surface area contributed by atoms with E-state index in [-0.39, 0.29) is 19.1 Å². The van der Waals surface area contributed by atoms with Crippen molar-refractivity contribution in [1.82, 2.24) is 10.6 Å². The molecule has 3 aromatic carbocycles. The zero-order valence-corrected chi connectivity index (χ0v) is 33.4. The van der Waals surface area contributed by atoms with Crippen LogP contribution in [0.5, 0.6) is 0 Å². The average molecular weight is 813 g/mol. The highest BCUT2D eigenvalue weighted by Crippen LogP contribution is 2.44. The Morgan fingerprint density at radius 2 is 0.724 bits per heavy atom. The zero-order chi connectivity index (χ0) is 40.6. The second kappa shape index (κ2) is 30.9. The van der Waals surface area contributed by atoms with Gasteiger partial charge in [0.1, 0.15) is 13.2 Å². The van der Waals surface area contributed by atoms with Crippen molar-refractivity contribution < 1.29 is 61.7 Å². The van der Waals surface area contributed by atoms with Gasteiger partial charge in [0.2, 0.25) is 0 Å². The molecule has 1 aliphatic carbocycles. The molecule has 0 saturated carbocycles. The van der Waals surface area contributed by atoms with E-state index in [1.807, 2.05) is 54.6 Å². The molecule has 0 radical (unpaired) electrons. The molecular formula is C43H60N2O13. The van der Waals surface area contributed by atoms with Gasteiger partial charge in [-0.2, -0.15) is 0 Å². The van der Waals surface area contributed by atoms with Gasteiger partial charge in [-0.3, -0.25) is 0 Å². The van der Waals surface area contributed by atoms with Crippen LogP contribution in [0.4, 0.5) is 9.59 Å². The number of hydrogen-bond acceptors (Lipinski definition) is 13. The summed E-state index contributed by atoms with van der Waals surface area (Å²) in [5.41, 5.74) is 5.69. The smallest absolute Gasteiger partial charge is 0.407 e. The van der Waals surface area contributed by atoms with Gasteiger partial charge in [-0.05, 0) is 27.8 Å². The lowest BCUT2D eigenvalue weighted by molar-refractivity contribution is -0.0248. The summed E-state index contributed by atoms with van der Waals surface area (Å²) in [5.74, 6) is 0.0322. The van der Waals surface area contributed by atoms with Crippen LogP contribution in [0, 0.1) is 0 Å². The Balaban J connectivity index is 0.782. The standard InChI is InChI=1S/C43H60N2O13/c46-42(57-34-36-8-2-1-3-9-36)44-14-16-48-18-20-50-22-24-52-26-28-54-30-32-56-33-31-55-29-27-53-25-23-51-21-19-49-17-15-45-43(47)58-35-41-39-12-6-4-10-37(39)38-11-5-7-13-40(38)41/h1-13,41H,14-35H2,(H,44,46)(H,45,47). The van der Waals surface area contributed by atoms with E-state index in [0.717, 1.165) is 5.56 Å². The van der Waals surface area contributed by atoms with Gasteiger partial charge in [0, 0.05) is 19.0 Å². The summed E-state index contributed by atoms with van der Waals surface area (Å²) in [7, 11) is 0. The first-order valence-electron chi connectivity index (χ1n) is 20.0. The van der Waals surface area contributed by atoms with Crippen LogP contribution in [-0.4, -0.2) is 151 Å². The van der Waals surface area contributed by atoms with Crippen LogP contribution in [0.2, 0.25) is 0 Å². The third-order valence-electron chi connectivity index (χ3n) is 8.56. The van der Waals surface area contributed by atoms with Crippen molar-refractivity contribution in [2.75, 3.05) is 139 Å². The summed E-state index contributed by atoms with van der Waals surface area (Å²) in [5, 5.41) is 5.38. The maximum absolute atomic E-state index is 12.3. The van der Waals surface area contributed by atoms with Crippen molar-refractivity contribution in [2.45, 2.75) is 12.5 Å². The van der Waals surface area contributed by atoms with Gasteiger partial charge >= 0.3 is 12.2 Å². The normalized spacial score (nSPS) is 11.9. The van der Waals surface area contributed by atoms with Crippen molar-refractivity contribution in [3.05, 3.63) is 95.6 Å². The fourth-order valence-electron chi connectivity index (χ4n) is 5.74. The molecule has 0 fully saturated rings. The molecule has 320 valence electrons. The number of hydrogen-bond donors (Lipinski definition) is 2. The molecule has 0 aromatic heterocycles. The Kier molecular flexibility index (Phi) is 24.8. The summed E-state index contributed by atoms with van der Waals surface area (Å²) in [6, 6.07) is 26.0. The molecule has 0 aliphatic heterocycles. The number of carbonyl (C=O) groups is 2.